The van der Waals surface area contributed by atoms with Gasteiger partial charge < -0.3 is 10.6 Å². The lowest BCUT2D eigenvalue weighted by Gasteiger charge is -2.18. The van der Waals surface area contributed by atoms with Crippen LogP contribution in [0, 0.1) is 0 Å². The van der Waals surface area contributed by atoms with Gasteiger partial charge in [-0.2, -0.15) is 0 Å². The smallest absolute Gasteiger partial charge is 0.276 e. The molecule has 6 nitrogen and oxygen atoms in total. The number of benzene rings is 2. The number of amides is 2. The zero-order valence-electron chi connectivity index (χ0n) is 19.5. The number of thiocarbonyl (C=S) groups is 2. The van der Waals surface area contributed by atoms with Crippen molar-refractivity contribution in [3.8, 4) is 0 Å². The van der Waals surface area contributed by atoms with Gasteiger partial charge in [-0.3, -0.25) is 19.4 Å². The van der Waals surface area contributed by atoms with Crippen molar-refractivity contribution in [1.82, 2.24) is 20.4 Å². The highest BCUT2D eigenvalue weighted by atomic mass is 32.1. The second-order valence-corrected chi connectivity index (χ2v) is 8.74. The van der Waals surface area contributed by atoms with E-state index in [0.717, 1.165) is 11.1 Å². The molecule has 0 spiro atoms. The lowest BCUT2D eigenvalue weighted by molar-refractivity contribution is -0.127. The number of rotatable bonds is 7. The predicted molar refractivity (Wildman–Crippen MR) is 148 cm³/mol. The van der Waals surface area contributed by atoms with Gasteiger partial charge in [0, 0.05) is 19.0 Å². The van der Waals surface area contributed by atoms with Gasteiger partial charge in [-0.1, -0.05) is 79.7 Å². The third-order valence-electron chi connectivity index (χ3n) is 5.58. The van der Waals surface area contributed by atoms with Crippen molar-refractivity contribution in [2.75, 3.05) is 13.1 Å². The molecule has 8 heteroatoms. The lowest BCUT2D eigenvalue weighted by atomic mass is 9.93. The molecule has 2 unspecified atom stereocenters. The summed E-state index contributed by atoms with van der Waals surface area (Å²) in [5.74, 6) is 0.00136. The maximum atomic E-state index is 12.2. The van der Waals surface area contributed by atoms with Crippen LogP contribution in [0.15, 0.2) is 91.7 Å². The zero-order chi connectivity index (χ0) is 25.4. The van der Waals surface area contributed by atoms with Crippen molar-refractivity contribution in [1.29, 1.82) is 0 Å². The molecule has 2 aromatic carbocycles. The van der Waals surface area contributed by atoms with E-state index in [9.17, 15) is 9.59 Å². The fourth-order valence-corrected chi connectivity index (χ4v) is 4.27. The average molecular weight is 505 g/mol. The van der Waals surface area contributed by atoms with Gasteiger partial charge in [0.05, 0.1) is 0 Å². The normalized spacial score (nSPS) is 19.1. The van der Waals surface area contributed by atoms with E-state index in [1.807, 2.05) is 67.6 Å². The van der Waals surface area contributed by atoms with Crippen LogP contribution in [0.2, 0.25) is 0 Å². The Morgan fingerprint density at radius 3 is 2.09 bits per heavy atom. The predicted octanol–water partition coefficient (Wildman–Crippen LogP) is 3.99. The summed E-state index contributed by atoms with van der Waals surface area (Å²) in [6.45, 7) is 10.2. The second-order valence-electron chi connectivity index (χ2n) is 7.97. The first-order chi connectivity index (χ1) is 16.9. The fraction of sp³-hybridized carbons (Fsp3) is 0.185. The first kappa shape index (κ1) is 26.0. The number of carbonyl (C=O) groups is 2. The van der Waals surface area contributed by atoms with Crippen LogP contribution in [0.1, 0.15) is 24.0 Å². The van der Waals surface area contributed by atoms with Crippen LogP contribution in [-0.4, -0.2) is 51.0 Å². The van der Waals surface area contributed by atoms with Gasteiger partial charge in [-0.05, 0) is 41.6 Å². The van der Waals surface area contributed by atoms with Crippen LogP contribution in [0.3, 0.4) is 0 Å². The summed E-state index contributed by atoms with van der Waals surface area (Å²) in [5, 5.41) is 6.93. The Hall–Kier alpha value is -3.62. The van der Waals surface area contributed by atoms with E-state index in [-0.39, 0.29) is 23.8 Å². The molecule has 2 saturated heterocycles. The molecule has 0 radical (unpaired) electrons. The van der Waals surface area contributed by atoms with E-state index >= 15 is 0 Å². The van der Waals surface area contributed by atoms with Crippen molar-refractivity contribution in [3.05, 3.63) is 103 Å². The molecule has 2 amide bonds. The van der Waals surface area contributed by atoms with Crippen LogP contribution in [0.4, 0.5) is 0 Å². The van der Waals surface area contributed by atoms with Crippen molar-refractivity contribution in [2.45, 2.75) is 18.9 Å². The molecule has 2 heterocycles. The average Bonchev–Trinajstić information content (AvgIpc) is 3.30. The van der Waals surface area contributed by atoms with Crippen molar-refractivity contribution in [3.63, 3.8) is 0 Å². The van der Waals surface area contributed by atoms with Gasteiger partial charge in [0.25, 0.3) is 11.8 Å². The van der Waals surface area contributed by atoms with Gasteiger partial charge in [0.2, 0.25) is 0 Å². The summed E-state index contributed by atoms with van der Waals surface area (Å²) >= 11 is 10.3. The third kappa shape index (κ3) is 6.29. The molecule has 2 N–H and O–H groups in total. The maximum absolute atomic E-state index is 12.2. The topological polar surface area (TPSA) is 64.7 Å². The summed E-state index contributed by atoms with van der Waals surface area (Å²) in [6, 6.07) is 19.3. The highest BCUT2D eigenvalue weighted by Crippen LogP contribution is 2.23. The minimum atomic E-state index is -0.278. The molecule has 4 rings (SSSR count). The number of nitrogens with zero attached hydrogens (tertiary/aromatic N) is 2. The first-order valence-corrected chi connectivity index (χ1v) is 12.0. The van der Waals surface area contributed by atoms with Gasteiger partial charge in [0.1, 0.15) is 11.7 Å². The van der Waals surface area contributed by atoms with Gasteiger partial charge in [-0.25, -0.2) is 0 Å². The number of hydrogen-bond acceptors (Lipinski definition) is 4. The van der Waals surface area contributed by atoms with E-state index in [2.05, 4.69) is 23.8 Å². The van der Waals surface area contributed by atoms with Crippen LogP contribution in [0.5, 0.6) is 0 Å². The standard InChI is InChI=1S/C14H16N2OS.C13H12N2OS/c1-3-9-16-13(17)12(15-14(16)18)10(2)11-7-5-4-6-8-11;1-2-8-15-12(16)11(14-13(15)17)9-10-6-4-3-5-7-10/h3-8,10,12H,1,9H2,2H3,(H,15,18);2-7,9H,1,8H2,(H,14,17)/b;11-9-. The largest absolute Gasteiger partial charge is 0.350 e. The van der Waals surface area contributed by atoms with Crippen LogP contribution < -0.4 is 10.6 Å². The molecule has 2 aliphatic rings. The van der Waals surface area contributed by atoms with Gasteiger partial charge in [-0.15, -0.1) is 13.2 Å². The number of carbonyl (C=O) groups excluding carboxylic acids is 2. The summed E-state index contributed by atoms with van der Waals surface area (Å²) in [4.78, 5) is 27.3. The first-order valence-electron chi connectivity index (χ1n) is 11.2. The van der Waals surface area contributed by atoms with Crippen LogP contribution in [-0.2, 0) is 9.59 Å². The minimum absolute atomic E-state index is 0.0243. The van der Waals surface area contributed by atoms with Crippen molar-refractivity contribution >= 4 is 52.6 Å². The van der Waals surface area contributed by atoms with E-state index in [1.54, 1.807) is 23.1 Å². The SMILES string of the molecule is C=CCN1C(=O)/C(=C/c2ccccc2)NC1=S.C=CCN1C(=O)C(C(C)c2ccccc2)NC1=S. The molecular weight excluding hydrogens is 476 g/mol. The number of hydrogen-bond donors (Lipinski definition) is 2. The molecule has 180 valence electrons. The Morgan fingerprint density at radius 1 is 0.914 bits per heavy atom. The molecule has 2 aliphatic heterocycles. The van der Waals surface area contributed by atoms with E-state index < -0.39 is 0 Å². The Balaban J connectivity index is 0.000000196. The molecule has 2 aromatic rings. The molecular formula is C27H28N4O2S2. The van der Waals surface area contributed by atoms with E-state index in [4.69, 9.17) is 24.4 Å². The van der Waals surface area contributed by atoms with Gasteiger partial charge >= 0.3 is 0 Å². The van der Waals surface area contributed by atoms with Crippen LogP contribution >= 0.6 is 24.4 Å². The van der Waals surface area contributed by atoms with Crippen molar-refractivity contribution < 1.29 is 9.59 Å². The molecule has 35 heavy (non-hydrogen) atoms. The van der Waals surface area contributed by atoms with Crippen molar-refractivity contribution in [2.24, 2.45) is 0 Å². The third-order valence-corrected chi connectivity index (χ3v) is 6.24. The van der Waals surface area contributed by atoms with E-state index in [0.29, 0.717) is 29.0 Å². The molecule has 0 bridgehead atoms. The molecule has 2 fully saturated rings. The lowest BCUT2D eigenvalue weighted by Crippen LogP contribution is -2.34. The summed E-state index contributed by atoms with van der Waals surface area (Å²) < 4.78 is 0. The molecule has 0 aromatic heterocycles. The Kier molecular flexibility index (Phi) is 9.05. The zero-order valence-corrected chi connectivity index (χ0v) is 21.1. The summed E-state index contributed by atoms with van der Waals surface area (Å²) in [7, 11) is 0. The Bertz CT molecular complexity index is 1150. The highest BCUT2D eigenvalue weighted by Gasteiger charge is 2.38. The fourth-order valence-electron chi connectivity index (χ4n) is 3.71. The summed E-state index contributed by atoms with van der Waals surface area (Å²) in [6.07, 6.45) is 5.12. The van der Waals surface area contributed by atoms with E-state index in [1.165, 1.54) is 4.90 Å². The Labute approximate surface area is 217 Å². The quantitative estimate of drug-likeness (QED) is 0.338. The minimum Gasteiger partial charge on any atom is -0.350 e. The number of nitrogens with one attached hydrogen (secondary N) is 2. The molecule has 0 saturated carbocycles. The highest BCUT2D eigenvalue weighted by molar-refractivity contribution is 7.80. The van der Waals surface area contributed by atoms with Crippen LogP contribution in [0.25, 0.3) is 6.08 Å². The molecule has 0 aliphatic carbocycles. The Morgan fingerprint density at radius 2 is 1.49 bits per heavy atom. The molecule has 2 atom stereocenters. The second kappa shape index (κ2) is 12.2. The summed E-state index contributed by atoms with van der Waals surface area (Å²) in [5.41, 5.74) is 2.60. The monoisotopic (exact) mass is 504 g/mol. The maximum Gasteiger partial charge on any atom is 0.276 e. The van der Waals surface area contributed by atoms with Gasteiger partial charge in [0.15, 0.2) is 10.2 Å².